The van der Waals surface area contributed by atoms with Crippen molar-refractivity contribution in [1.29, 1.82) is 0 Å². The summed E-state index contributed by atoms with van der Waals surface area (Å²) in [6.07, 6.45) is 5.29. The van der Waals surface area contributed by atoms with Crippen LogP contribution in [-0.4, -0.2) is 78.0 Å². The number of nitrogens with zero attached hydrogens (tertiary/aromatic N) is 5. The maximum absolute atomic E-state index is 13.1. The highest BCUT2D eigenvalue weighted by molar-refractivity contribution is 5.95. The van der Waals surface area contributed by atoms with E-state index in [-0.39, 0.29) is 17.7 Å². The number of piperidine rings is 1. The Hall–Kier alpha value is -3.16. The highest BCUT2D eigenvalue weighted by Gasteiger charge is 2.32. The quantitative estimate of drug-likeness (QED) is 0.749. The van der Waals surface area contributed by atoms with Crippen molar-refractivity contribution in [3.05, 3.63) is 47.8 Å². The van der Waals surface area contributed by atoms with E-state index in [0.29, 0.717) is 50.0 Å². The van der Waals surface area contributed by atoms with Gasteiger partial charge >= 0.3 is 0 Å². The summed E-state index contributed by atoms with van der Waals surface area (Å²) in [7, 11) is 1.61. The molecule has 1 aromatic heterocycles. The van der Waals surface area contributed by atoms with Gasteiger partial charge in [0.05, 0.1) is 13.0 Å². The average Bonchev–Trinajstić information content (AvgIpc) is 2.84. The monoisotopic (exact) mass is 423 g/mol. The maximum atomic E-state index is 13.1. The fraction of sp³-hybridized carbons (Fsp3) is 0.478. The minimum atomic E-state index is -0.0545. The fourth-order valence-corrected chi connectivity index (χ4v) is 4.34. The number of carbonyl (C=O) groups excluding carboxylic acids is 2. The van der Waals surface area contributed by atoms with Gasteiger partial charge in [-0.15, -0.1) is 0 Å². The van der Waals surface area contributed by atoms with Crippen molar-refractivity contribution in [3.8, 4) is 5.75 Å². The Kier molecular flexibility index (Phi) is 6.34. The summed E-state index contributed by atoms with van der Waals surface area (Å²) in [4.78, 5) is 40.5. The number of methoxy groups -OCH3 is 1. The first-order chi connectivity index (χ1) is 15.1. The molecule has 0 spiro atoms. The number of aryl methyl sites for hydroxylation is 1. The molecule has 2 aliphatic heterocycles. The number of hydrogen-bond acceptors (Lipinski definition) is 6. The van der Waals surface area contributed by atoms with E-state index in [4.69, 9.17) is 4.74 Å². The summed E-state index contributed by atoms with van der Waals surface area (Å²) >= 11 is 0. The molecule has 2 amide bonds. The Bertz CT molecular complexity index is 928. The summed E-state index contributed by atoms with van der Waals surface area (Å²) in [6, 6.07) is 7.32. The van der Waals surface area contributed by atoms with Crippen LogP contribution >= 0.6 is 0 Å². The van der Waals surface area contributed by atoms with Crippen molar-refractivity contribution in [2.24, 2.45) is 5.92 Å². The van der Waals surface area contributed by atoms with Gasteiger partial charge in [0.25, 0.3) is 5.91 Å². The lowest BCUT2D eigenvalue weighted by molar-refractivity contribution is -0.137. The van der Waals surface area contributed by atoms with Crippen molar-refractivity contribution in [2.75, 3.05) is 51.3 Å². The van der Waals surface area contributed by atoms with E-state index in [1.807, 2.05) is 28.9 Å². The summed E-state index contributed by atoms with van der Waals surface area (Å²) in [6.45, 7) is 5.67. The molecular formula is C23H29N5O3. The molecule has 8 heteroatoms. The first-order valence-corrected chi connectivity index (χ1v) is 10.8. The lowest BCUT2D eigenvalue weighted by atomic mass is 9.96. The SMILES string of the molecule is COc1cc(C(=O)N2CCN(C(=O)C3CCCN(c4ncccn4)C3)CC2)ccc1C. The second-order valence-electron chi connectivity index (χ2n) is 8.14. The molecule has 2 saturated heterocycles. The van der Waals surface area contributed by atoms with Gasteiger partial charge in [-0.1, -0.05) is 6.07 Å². The lowest BCUT2D eigenvalue weighted by Gasteiger charge is -2.39. The first kappa shape index (κ1) is 21.1. The molecule has 1 atom stereocenters. The van der Waals surface area contributed by atoms with Gasteiger partial charge in [-0.05, 0) is 43.5 Å². The predicted octanol–water partition coefficient (Wildman–Crippen LogP) is 1.99. The van der Waals surface area contributed by atoms with Crippen molar-refractivity contribution in [3.63, 3.8) is 0 Å². The Morgan fingerprint density at radius 3 is 2.45 bits per heavy atom. The van der Waals surface area contributed by atoms with E-state index in [1.54, 1.807) is 31.6 Å². The highest BCUT2D eigenvalue weighted by atomic mass is 16.5. The zero-order chi connectivity index (χ0) is 21.8. The van der Waals surface area contributed by atoms with E-state index >= 15 is 0 Å². The minimum absolute atomic E-state index is 0.0181. The van der Waals surface area contributed by atoms with E-state index in [0.717, 1.165) is 24.9 Å². The minimum Gasteiger partial charge on any atom is -0.496 e. The molecule has 4 rings (SSSR count). The van der Waals surface area contributed by atoms with Gasteiger partial charge in [0.15, 0.2) is 0 Å². The molecule has 2 aromatic rings. The Balaban J connectivity index is 1.34. The van der Waals surface area contributed by atoms with E-state index in [9.17, 15) is 9.59 Å². The Morgan fingerprint density at radius 1 is 1.03 bits per heavy atom. The molecule has 0 saturated carbocycles. The van der Waals surface area contributed by atoms with Gasteiger partial charge in [-0.25, -0.2) is 9.97 Å². The van der Waals surface area contributed by atoms with Crippen LogP contribution in [0.2, 0.25) is 0 Å². The molecule has 0 bridgehead atoms. The summed E-state index contributed by atoms with van der Waals surface area (Å²) < 4.78 is 5.34. The number of piperazine rings is 1. The Morgan fingerprint density at radius 2 is 1.74 bits per heavy atom. The molecule has 3 heterocycles. The molecule has 1 unspecified atom stereocenters. The summed E-state index contributed by atoms with van der Waals surface area (Å²) in [5.74, 6) is 1.49. The number of anilines is 1. The number of amides is 2. The fourth-order valence-electron chi connectivity index (χ4n) is 4.34. The van der Waals surface area contributed by atoms with E-state index < -0.39 is 0 Å². The standard InChI is InChI=1S/C23H29N5O3/c1-17-6-7-18(15-20(17)31-2)21(29)26-11-13-27(14-12-26)22(30)19-5-3-10-28(16-19)23-24-8-4-9-25-23/h4,6-9,15,19H,3,5,10-14,16H2,1-2H3. The molecule has 0 N–H and O–H groups in total. The molecule has 31 heavy (non-hydrogen) atoms. The largest absolute Gasteiger partial charge is 0.496 e. The molecular weight excluding hydrogens is 394 g/mol. The third-order valence-electron chi connectivity index (χ3n) is 6.14. The van der Waals surface area contributed by atoms with Crippen LogP contribution in [0.25, 0.3) is 0 Å². The van der Waals surface area contributed by atoms with Gasteiger partial charge in [0.1, 0.15) is 5.75 Å². The van der Waals surface area contributed by atoms with Gasteiger partial charge in [-0.2, -0.15) is 0 Å². The van der Waals surface area contributed by atoms with E-state index in [1.165, 1.54) is 0 Å². The predicted molar refractivity (Wildman–Crippen MR) is 117 cm³/mol. The molecule has 0 radical (unpaired) electrons. The number of rotatable bonds is 4. The number of aromatic nitrogens is 2. The highest BCUT2D eigenvalue weighted by Crippen LogP contribution is 2.23. The van der Waals surface area contributed by atoms with Gasteiger partial charge < -0.3 is 19.4 Å². The summed E-state index contributed by atoms with van der Waals surface area (Å²) in [5.41, 5.74) is 1.62. The number of carbonyl (C=O) groups is 2. The molecule has 2 fully saturated rings. The number of hydrogen-bond donors (Lipinski definition) is 0. The zero-order valence-corrected chi connectivity index (χ0v) is 18.2. The molecule has 0 aliphatic carbocycles. The van der Waals surface area contributed by atoms with Crippen molar-refractivity contribution in [2.45, 2.75) is 19.8 Å². The Labute approximate surface area is 182 Å². The van der Waals surface area contributed by atoms with Crippen LogP contribution in [0.1, 0.15) is 28.8 Å². The third-order valence-corrected chi connectivity index (χ3v) is 6.14. The average molecular weight is 424 g/mol. The van der Waals surface area contributed by atoms with E-state index in [2.05, 4.69) is 14.9 Å². The van der Waals surface area contributed by atoms with Crippen molar-refractivity contribution >= 4 is 17.8 Å². The van der Waals surface area contributed by atoms with Crippen LogP contribution in [0.3, 0.4) is 0 Å². The first-order valence-electron chi connectivity index (χ1n) is 10.8. The third kappa shape index (κ3) is 4.62. The topological polar surface area (TPSA) is 78.9 Å². The van der Waals surface area contributed by atoms with Crippen LogP contribution < -0.4 is 9.64 Å². The molecule has 1 aromatic carbocycles. The van der Waals surface area contributed by atoms with Crippen LogP contribution in [0.5, 0.6) is 5.75 Å². The zero-order valence-electron chi connectivity index (χ0n) is 18.2. The van der Waals surface area contributed by atoms with Gasteiger partial charge in [0.2, 0.25) is 11.9 Å². The summed E-state index contributed by atoms with van der Waals surface area (Å²) in [5, 5.41) is 0. The van der Waals surface area contributed by atoms with Crippen LogP contribution in [-0.2, 0) is 4.79 Å². The molecule has 2 aliphatic rings. The molecule has 8 nitrogen and oxygen atoms in total. The number of ether oxygens (including phenoxy) is 1. The smallest absolute Gasteiger partial charge is 0.254 e. The van der Waals surface area contributed by atoms with Crippen molar-refractivity contribution < 1.29 is 14.3 Å². The number of benzene rings is 1. The maximum Gasteiger partial charge on any atom is 0.254 e. The van der Waals surface area contributed by atoms with Gasteiger partial charge in [0, 0.05) is 57.2 Å². The lowest BCUT2D eigenvalue weighted by Crippen LogP contribution is -2.53. The molecule has 164 valence electrons. The normalized spacial score (nSPS) is 19.3. The van der Waals surface area contributed by atoms with Crippen LogP contribution in [0.15, 0.2) is 36.7 Å². The second-order valence-corrected chi connectivity index (χ2v) is 8.14. The van der Waals surface area contributed by atoms with Gasteiger partial charge in [-0.3, -0.25) is 9.59 Å². The van der Waals surface area contributed by atoms with Crippen LogP contribution in [0, 0.1) is 12.8 Å². The van der Waals surface area contributed by atoms with Crippen LogP contribution in [0.4, 0.5) is 5.95 Å². The van der Waals surface area contributed by atoms with Crippen molar-refractivity contribution in [1.82, 2.24) is 19.8 Å². The second kappa shape index (κ2) is 9.32.